The summed E-state index contributed by atoms with van der Waals surface area (Å²) in [4.78, 5) is 25.8. The molecule has 0 unspecified atom stereocenters. The largest absolute Gasteiger partial charge is 0.494 e. The van der Waals surface area contributed by atoms with E-state index in [2.05, 4.69) is 31.4 Å². The molecule has 5 heteroatoms. The number of ether oxygens (including phenoxy) is 1. The number of benzene rings is 2. The fourth-order valence-corrected chi connectivity index (χ4v) is 3.22. The van der Waals surface area contributed by atoms with E-state index in [4.69, 9.17) is 4.74 Å². The van der Waals surface area contributed by atoms with Gasteiger partial charge in [0.2, 0.25) is 11.8 Å². The Kier molecular flexibility index (Phi) is 5.45. The van der Waals surface area contributed by atoms with Gasteiger partial charge in [0, 0.05) is 11.4 Å². The van der Waals surface area contributed by atoms with Crippen LogP contribution in [-0.4, -0.2) is 18.4 Å². The normalized spacial score (nSPS) is 14.9. The summed E-state index contributed by atoms with van der Waals surface area (Å²) in [5.41, 5.74) is 1.36. The Morgan fingerprint density at radius 3 is 2.14 bits per heavy atom. The number of amides is 2. The maximum atomic E-state index is 13.0. The van der Waals surface area contributed by atoms with Gasteiger partial charge in [0.25, 0.3) is 0 Å². The number of carbonyl (C=O) groups is 2. The number of hydrogen-bond donors (Lipinski definition) is 2. The Balaban J connectivity index is 1.71. The second kappa shape index (κ2) is 7.66. The van der Waals surface area contributed by atoms with Crippen LogP contribution in [0, 0.1) is 5.41 Å². The molecule has 2 aromatic carbocycles. The van der Waals surface area contributed by atoms with Crippen LogP contribution in [0.2, 0.25) is 0 Å². The molecule has 2 amide bonds. The number of rotatable bonds is 6. The van der Waals surface area contributed by atoms with Crippen LogP contribution in [0.3, 0.4) is 0 Å². The molecule has 0 radical (unpaired) electrons. The lowest BCUT2D eigenvalue weighted by Crippen LogP contribution is -2.36. The average Bonchev–Trinajstić information content (AvgIpc) is 3.45. The van der Waals surface area contributed by atoms with Crippen molar-refractivity contribution in [3.8, 4) is 5.75 Å². The number of nitrogens with one attached hydrogen (secondary N) is 2. The van der Waals surface area contributed by atoms with E-state index in [1.807, 2.05) is 31.2 Å². The third-order valence-corrected chi connectivity index (χ3v) is 5.03. The monoisotopic (exact) mass is 380 g/mol. The molecular formula is C23H28N2O3. The fourth-order valence-electron chi connectivity index (χ4n) is 3.22. The first-order chi connectivity index (χ1) is 13.3. The molecule has 0 atom stereocenters. The Labute approximate surface area is 166 Å². The quantitative estimate of drug-likeness (QED) is 0.711. The van der Waals surface area contributed by atoms with Crippen LogP contribution < -0.4 is 15.4 Å². The molecule has 0 aromatic heterocycles. The third kappa shape index (κ3) is 4.19. The van der Waals surface area contributed by atoms with E-state index in [9.17, 15) is 9.59 Å². The Morgan fingerprint density at radius 2 is 1.57 bits per heavy atom. The summed E-state index contributed by atoms with van der Waals surface area (Å²) >= 11 is 0. The van der Waals surface area contributed by atoms with Gasteiger partial charge >= 0.3 is 0 Å². The van der Waals surface area contributed by atoms with Gasteiger partial charge in [0.15, 0.2) is 0 Å². The average molecular weight is 380 g/mol. The highest BCUT2D eigenvalue weighted by atomic mass is 16.5. The van der Waals surface area contributed by atoms with Crippen molar-refractivity contribution >= 4 is 23.2 Å². The van der Waals surface area contributed by atoms with Crippen LogP contribution in [0.25, 0.3) is 0 Å². The predicted octanol–water partition coefficient (Wildman–Crippen LogP) is 4.74. The van der Waals surface area contributed by atoms with Crippen molar-refractivity contribution in [3.63, 3.8) is 0 Å². The van der Waals surface area contributed by atoms with E-state index in [1.165, 1.54) is 0 Å². The van der Waals surface area contributed by atoms with Crippen molar-refractivity contribution in [3.05, 3.63) is 54.1 Å². The van der Waals surface area contributed by atoms with Crippen LogP contribution in [0.4, 0.5) is 11.4 Å². The molecule has 0 spiro atoms. The molecule has 5 nitrogen and oxygen atoms in total. The van der Waals surface area contributed by atoms with Gasteiger partial charge in [-0.2, -0.15) is 0 Å². The first-order valence-corrected chi connectivity index (χ1v) is 9.71. The van der Waals surface area contributed by atoms with Crippen LogP contribution in [0.1, 0.15) is 46.1 Å². The van der Waals surface area contributed by atoms with E-state index < -0.39 is 5.41 Å². The van der Waals surface area contributed by atoms with Gasteiger partial charge in [-0.05, 0) is 61.1 Å². The van der Waals surface area contributed by atoms with E-state index in [-0.39, 0.29) is 17.2 Å². The molecule has 0 heterocycles. The SMILES string of the molecule is CCOc1ccc(NC(=O)C2(C(=O)Nc3ccccc3C(C)(C)C)CC2)cc1. The van der Waals surface area contributed by atoms with E-state index in [1.54, 1.807) is 24.3 Å². The zero-order valence-corrected chi connectivity index (χ0v) is 17.0. The maximum Gasteiger partial charge on any atom is 0.240 e. The zero-order chi connectivity index (χ0) is 20.4. The van der Waals surface area contributed by atoms with E-state index in [0.29, 0.717) is 25.1 Å². The molecule has 1 aliphatic carbocycles. The minimum absolute atomic E-state index is 0.106. The van der Waals surface area contributed by atoms with Crippen LogP contribution in [0.15, 0.2) is 48.5 Å². The Hall–Kier alpha value is -2.82. The molecule has 0 saturated heterocycles. The summed E-state index contributed by atoms with van der Waals surface area (Å²) < 4.78 is 5.41. The highest BCUT2D eigenvalue weighted by Gasteiger charge is 2.56. The molecular weight excluding hydrogens is 352 g/mol. The molecule has 0 bridgehead atoms. The molecule has 28 heavy (non-hydrogen) atoms. The lowest BCUT2D eigenvalue weighted by molar-refractivity contribution is -0.131. The standard InChI is InChI=1S/C23H28N2O3/c1-5-28-17-12-10-16(11-13-17)24-20(26)23(14-15-23)21(27)25-19-9-7-6-8-18(19)22(2,3)4/h6-13H,5,14-15H2,1-4H3,(H,24,26)(H,25,27). The van der Waals surface area contributed by atoms with Crippen molar-refractivity contribution in [1.82, 2.24) is 0 Å². The molecule has 0 aliphatic heterocycles. The fraction of sp³-hybridized carbons (Fsp3) is 0.391. The van der Waals surface area contributed by atoms with Gasteiger partial charge in [-0.3, -0.25) is 9.59 Å². The Morgan fingerprint density at radius 1 is 0.964 bits per heavy atom. The second-order valence-corrected chi connectivity index (χ2v) is 8.24. The van der Waals surface area contributed by atoms with Gasteiger partial charge in [-0.1, -0.05) is 39.0 Å². The number of para-hydroxylation sites is 1. The van der Waals surface area contributed by atoms with Crippen molar-refractivity contribution in [2.45, 2.75) is 46.0 Å². The Bertz CT molecular complexity index is 862. The van der Waals surface area contributed by atoms with Crippen molar-refractivity contribution < 1.29 is 14.3 Å². The van der Waals surface area contributed by atoms with Crippen LogP contribution >= 0.6 is 0 Å². The summed E-state index contributed by atoms with van der Waals surface area (Å²) in [6, 6.07) is 14.9. The molecule has 2 N–H and O–H groups in total. The van der Waals surface area contributed by atoms with E-state index in [0.717, 1.165) is 17.0 Å². The first kappa shape index (κ1) is 19.9. The number of anilines is 2. The number of carbonyl (C=O) groups excluding carboxylic acids is 2. The smallest absolute Gasteiger partial charge is 0.240 e. The number of hydrogen-bond acceptors (Lipinski definition) is 3. The topological polar surface area (TPSA) is 67.4 Å². The van der Waals surface area contributed by atoms with Crippen molar-refractivity contribution in [1.29, 1.82) is 0 Å². The molecule has 1 aliphatic rings. The van der Waals surface area contributed by atoms with Crippen LogP contribution in [0.5, 0.6) is 5.75 Å². The van der Waals surface area contributed by atoms with Gasteiger partial charge in [-0.25, -0.2) is 0 Å². The van der Waals surface area contributed by atoms with E-state index >= 15 is 0 Å². The van der Waals surface area contributed by atoms with Crippen molar-refractivity contribution in [2.24, 2.45) is 5.41 Å². The highest BCUT2D eigenvalue weighted by molar-refractivity contribution is 6.17. The first-order valence-electron chi connectivity index (χ1n) is 9.71. The minimum Gasteiger partial charge on any atom is -0.494 e. The summed E-state index contributed by atoms with van der Waals surface area (Å²) in [7, 11) is 0. The molecule has 2 aromatic rings. The lowest BCUT2D eigenvalue weighted by atomic mass is 9.85. The summed E-state index contributed by atoms with van der Waals surface area (Å²) in [5.74, 6) is 0.244. The van der Waals surface area contributed by atoms with Gasteiger partial charge in [0.1, 0.15) is 11.2 Å². The molecule has 148 valence electrons. The minimum atomic E-state index is -0.996. The molecule has 3 rings (SSSR count). The molecule has 1 fully saturated rings. The summed E-state index contributed by atoms with van der Waals surface area (Å²) in [6.07, 6.45) is 1.11. The van der Waals surface area contributed by atoms with Gasteiger partial charge in [-0.15, -0.1) is 0 Å². The van der Waals surface area contributed by atoms with Gasteiger partial charge in [0.05, 0.1) is 6.61 Å². The zero-order valence-electron chi connectivity index (χ0n) is 17.0. The second-order valence-electron chi connectivity index (χ2n) is 8.24. The predicted molar refractivity (Wildman–Crippen MR) is 112 cm³/mol. The highest BCUT2D eigenvalue weighted by Crippen LogP contribution is 2.48. The molecule has 1 saturated carbocycles. The third-order valence-electron chi connectivity index (χ3n) is 5.03. The van der Waals surface area contributed by atoms with Crippen LogP contribution in [-0.2, 0) is 15.0 Å². The van der Waals surface area contributed by atoms with Gasteiger partial charge < -0.3 is 15.4 Å². The maximum absolute atomic E-state index is 13.0. The van der Waals surface area contributed by atoms with Crippen molar-refractivity contribution in [2.75, 3.05) is 17.2 Å². The summed E-state index contributed by atoms with van der Waals surface area (Å²) in [6.45, 7) is 8.81. The summed E-state index contributed by atoms with van der Waals surface area (Å²) in [5, 5.41) is 5.86. The lowest BCUT2D eigenvalue weighted by Gasteiger charge is -2.24.